The Kier molecular flexibility index (Phi) is 9.97. The van der Waals surface area contributed by atoms with E-state index < -0.39 is 10.0 Å². The number of sulfonamides is 1. The molecule has 2 aromatic heterocycles. The summed E-state index contributed by atoms with van der Waals surface area (Å²) in [6.45, 7) is 14.1. The molecule has 0 saturated carbocycles. The molecule has 1 aromatic carbocycles. The molecule has 0 spiro atoms. The van der Waals surface area contributed by atoms with E-state index in [-0.39, 0.29) is 11.4 Å². The third-order valence-electron chi connectivity index (χ3n) is 10.9. The first-order valence-electron chi connectivity index (χ1n) is 16.7. The van der Waals surface area contributed by atoms with Crippen molar-refractivity contribution in [3.8, 4) is 0 Å². The van der Waals surface area contributed by atoms with Gasteiger partial charge in [-0.1, -0.05) is 36.4 Å². The van der Waals surface area contributed by atoms with Crippen LogP contribution >= 0.6 is 11.3 Å². The van der Waals surface area contributed by atoms with Crippen molar-refractivity contribution in [2.75, 3.05) is 45.8 Å². The number of carbonyl (C=O) groups excluding carboxylic acids is 1. The Bertz CT molecular complexity index is 1560. The number of aryl methyl sites for hydroxylation is 2. The maximum absolute atomic E-state index is 13.4. The highest BCUT2D eigenvalue weighted by Gasteiger charge is 2.43. The Balaban J connectivity index is 1.11. The average molecular weight is 665 g/mol. The first-order valence-corrected chi connectivity index (χ1v) is 19.0. The molecule has 9 nitrogen and oxygen atoms in total. The van der Waals surface area contributed by atoms with Crippen LogP contribution in [0.15, 0.2) is 58.4 Å². The molecule has 3 saturated heterocycles. The van der Waals surface area contributed by atoms with Crippen molar-refractivity contribution in [2.24, 2.45) is 5.92 Å². The number of piperidine rings is 2. The smallest absolute Gasteiger partial charge is 0.257 e. The fraction of sp³-hybridized carbons (Fsp3) is 0.571. The SMILES string of the molecule is Cc1ncnc(C)c1C(=O)N1CCC(C)(N2CCN([C@@H](Cc3ccccc3)C3CCN(S(=O)(=O)c4cccs4)CC3)[C@@H](C)C2)CC1. The van der Waals surface area contributed by atoms with Crippen LogP contribution in [0.3, 0.4) is 0 Å². The molecular weight excluding hydrogens is 617 g/mol. The molecule has 0 unspecified atom stereocenters. The molecule has 3 fully saturated rings. The number of aromatic nitrogens is 2. The van der Waals surface area contributed by atoms with Crippen LogP contribution in [-0.2, 0) is 16.4 Å². The van der Waals surface area contributed by atoms with Crippen LogP contribution in [0.4, 0.5) is 0 Å². The van der Waals surface area contributed by atoms with E-state index in [1.54, 1.807) is 10.4 Å². The molecule has 46 heavy (non-hydrogen) atoms. The van der Waals surface area contributed by atoms with Crippen molar-refractivity contribution >= 4 is 27.3 Å². The number of amides is 1. The molecule has 1 amide bonds. The minimum Gasteiger partial charge on any atom is -0.338 e. The van der Waals surface area contributed by atoms with Crippen molar-refractivity contribution in [3.63, 3.8) is 0 Å². The van der Waals surface area contributed by atoms with Gasteiger partial charge in [-0.25, -0.2) is 18.4 Å². The van der Waals surface area contributed by atoms with Crippen LogP contribution in [0.5, 0.6) is 0 Å². The topological polar surface area (TPSA) is 90.0 Å². The third kappa shape index (κ3) is 6.80. The van der Waals surface area contributed by atoms with Gasteiger partial charge in [0.1, 0.15) is 10.5 Å². The Labute approximate surface area is 278 Å². The maximum Gasteiger partial charge on any atom is 0.257 e. The molecule has 6 rings (SSSR count). The van der Waals surface area contributed by atoms with Gasteiger partial charge in [-0.05, 0) is 82.7 Å². The Morgan fingerprint density at radius 3 is 2.24 bits per heavy atom. The van der Waals surface area contributed by atoms with Crippen molar-refractivity contribution in [3.05, 3.63) is 76.7 Å². The van der Waals surface area contributed by atoms with Gasteiger partial charge in [-0.3, -0.25) is 14.6 Å². The van der Waals surface area contributed by atoms with E-state index >= 15 is 0 Å². The van der Waals surface area contributed by atoms with Crippen molar-refractivity contribution in [2.45, 2.75) is 81.6 Å². The quantitative estimate of drug-likeness (QED) is 0.340. The molecule has 2 atom stereocenters. The molecule has 248 valence electrons. The van der Waals surface area contributed by atoms with E-state index in [1.807, 2.05) is 30.2 Å². The van der Waals surface area contributed by atoms with Gasteiger partial charge < -0.3 is 4.90 Å². The molecule has 11 heteroatoms. The van der Waals surface area contributed by atoms with E-state index in [2.05, 4.69) is 63.9 Å². The number of rotatable bonds is 8. The van der Waals surface area contributed by atoms with Gasteiger partial charge in [0.15, 0.2) is 0 Å². The molecule has 3 aliphatic rings. The predicted molar refractivity (Wildman–Crippen MR) is 183 cm³/mol. The normalized spacial score (nSPS) is 23.0. The van der Waals surface area contributed by atoms with E-state index in [0.717, 1.165) is 76.2 Å². The summed E-state index contributed by atoms with van der Waals surface area (Å²) in [7, 11) is -3.42. The van der Waals surface area contributed by atoms with E-state index in [1.165, 1.54) is 23.2 Å². The fourth-order valence-corrected chi connectivity index (χ4v) is 10.6. The van der Waals surface area contributed by atoms with E-state index in [0.29, 0.717) is 40.9 Å². The first-order chi connectivity index (χ1) is 22.1. The Morgan fingerprint density at radius 1 is 0.957 bits per heavy atom. The van der Waals surface area contributed by atoms with Gasteiger partial charge in [0.05, 0.1) is 17.0 Å². The second-order valence-electron chi connectivity index (χ2n) is 13.7. The molecule has 5 heterocycles. The van der Waals surface area contributed by atoms with Gasteiger partial charge in [-0.2, -0.15) is 4.31 Å². The van der Waals surface area contributed by atoms with Gasteiger partial charge >= 0.3 is 0 Å². The highest BCUT2D eigenvalue weighted by Crippen LogP contribution is 2.35. The highest BCUT2D eigenvalue weighted by atomic mass is 32.2. The summed E-state index contributed by atoms with van der Waals surface area (Å²) >= 11 is 1.30. The number of likely N-dealkylation sites (tertiary alicyclic amines) is 1. The van der Waals surface area contributed by atoms with Crippen LogP contribution in [0.1, 0.15) is 66.8 Å². The minimum atomic E-state index is -3.42. The Hall–Kier alpha value is -2.70. The van der Waals surface area contributed by atoms with Gasteiger partial charge in [0.2, 0.25) is 0 Å². The lowest BCUT2D eigenvalue weighted by Gasteiger charge is -2.54. The summed E-state index contributed by atoms with van der Waals surface area (Å²) in [6.07, 6.45) is 6.15. The summed E-state index contributed by atoms with van der Waals surface area (Å²) in [5.74, 6) is 0.483. The molecule has 0 aliphatic carbocycles. The number of carbonyl (C=O) groups is 1. The molecular formula is C35H48N6O3S2. The number of benzene rings is 1. The lowest BCUT2D eigenvalue weighted by Crippen LogP contribution is -2.64. The van der Waals surface area contributed by atoms with Crippen LogP contribution in [0.2, 0.25) is 0 Å². The lowest BCUT2D eigenvalue weighted by atomic mass is 9.83. The lowest BCUT2D eigenvalue weighted by molar-refractivity contribution is -0.0412. The summed E-state index contributed by atoms with van der Waals surface area (Å²) in [4.78, 5) is 29.4. The van der Waals surface area contributed by atoms with Crippen LogP contribution in [0.25, 0.3) is 0 Å². The van der Waals surface area contributed by atoms with Gasteiger partial charge in [0.25, 0.3) is 15.9 Å². The summed E-state index contributed by atoms with van der Waals surface area (Å²) in [6, 6.07) is 15.0. The second-order valence-corrected chi connectivity index (χ2v) is 16.8. The second kappa shape index (κ2) is 13.8. The van der Waals surface area contributed by atoms with Gasteiger partial charge in [-0.15, -0.1) is 11.3 Å². The Morgan fingerprint density at radius 2 is 1.63 bits per heavy atom. The van der Waals surface area contributed by atoms with Crippen LogP contribution in [0, 0.1) is 19.8 Å². The van der Waals surface area contributed by atoms with Gasteiger partial charge in [0, 0.05) is 63.4 Å². The standard InChI is InChI=1S/C35H48N6O3S2/c1-26-24-39(35(4)14-18-38(19-15-35)34(42)33-27(2)36-25-37-28(33)3)20-21-41(26)31(23-29-9-6-5-7-10-29)30-12-16-40(17-13-30)46(43,44)32-11-8-22-45-32/h5-11,22,25-26,30-31H,12-21,23-24H2,1-4H3/t26-,31-/m0/s1. The summed E-state index contributed by atoms with van der Waals surface area (Å²) in [5, 5.41) is 1.83. The zero-order chi connectivity index (χ0) is 32.5. The number of hydrogen-bond donors (Lipinski definition) is 0. The molecule has 0 radical (unpaired) electrons. The van der Waals surface area contributed by atoms with Crippen molar-refractivity contribution in [1.82, 2.24) is 29.0 Å². The predicted octanol–water partition coefficient (Wildman–Crippen LogP) is 4.87. The van der Waals surface area contributed by atoms with Crippen molar-refractivity contribution in [1.29, 1.82) is 0 Å². The zero-order valence-corrected chi connectivity index (χ0v) is 29.3. The minimum absolute atomic E-state index is 0.0465. The number of hydrogen-bond acceptors (Lipinski definition) is 8. The number of piperazine rings is 1. The number of nitrogens with zero attached hydrogens (tertiary/aromatic N) is 6. The first kappa shape index (κ1) is 33.2. The van der Waals surface area contributed by atoms with E-state index in [9.17, 15) is 13.2 Å². The van der Waals surface area contributed by atoms with E-state index in [4.69, 9.17) is 0 Å². The van der Waals surface area contributed by atoms with Crippen LogP contribution < -0.4 is 0 Å². The highest BCUT2D eigenvalue weighted by molar-refractivity contribution is 7.91. The van der Waals surface area contributed by atoms with Crippen LogP contribution in [-0.4, -0.2) is 107 Å². The molecule has 0 N–H and O–H groups in total. The molecule has 0 bridgehead atoms. The van der Waals surface area contributed by atoms with Crippen molar-refractivity contribution < 1.29 is 13.2 Å². The summed E-state index contributed by atoms with van der Waals surface area (Å²) in [5.41, 5.74) is 3.53. The average Bonchev–Trinajstić information content (AvgIpc) is 3.61. The fourth-order valence-electron chi connectivity index (χ4n) is 7.97. The largest absolute Gasteiger partial charge is 0.338 e. The molecule has 3 aromatic rings. The third-order valence-corrected chi connectivity index (χ3v) is 14.1. The monoisotopic (exact) mass is 664 g/mol. The zero-order valence-electron chi connectivity index (χ0n) is 27.6. The summed E-state index contributed by atoms with van der Waals surface area (Å²) < 4.78 is 28.6. The molecule has 3 aliphatic heterocycles. The number of thiophene rings is 1. The maximum atomic E-state index is 13.4.